The Balaban J connectivity index is 2.24. The molecule has 1 aliphatic carbocycles. The molecule has 0 bridgehead atoms. The van der Waals surface area contributed by atoms with Crippen molar-refractivity contribution in [3.05, 3.63) is 29.3 Å². The van der Waals surface area contributed by atoms with Gasteiger partial charge in [0.25, 0.3) is 0 Å². The molecular weight excluding hydrogens is 312 g/mol. The van der Waals surface area contributed by atoms with Crippen molar-refractivity contribution in [3.8, 4) is 0 Å². The molecule has 0 radical (unpaired) electrons. The molecule has 0 N–H and O–H groups in total. The number of nitrogens with zero attached hydrogens (tertiary/aromatic N) is 1. The van der Waals surface area contributed by atoms with Gasteiger partial charge in [0, 0.05) is 18.4 Å². The van der Waals surface area contributed by atoms with Gasteiger partial charge in [-0.15, -0.1) is 0 Å². The molecule has 1 nitrogen and oxygen atoms in total. The predicted molar refractivity (Wildman–Crippen MR) is 78.9 cm³/mol. The molecule has 0 unspecified atom stereocenters. The van der Waals surface area contributed by atoms with E-state index in [0.29, 0.717) is 10.9 Å². The van der Waals surface area contributed by atoms with Crippen molar-refractivity contribution in [1.82, 2.24) is 0 Å². The molecule has 1 saturated carbocycles. The van der Waals surface area contributed by atoms with E-state index in [4.69, 9.17) is 0 Å². The third kappa shape index (κ3) is 3.47. The average molecular weight is 332 g/mol. The van der Waals surface area contributed by atoms with Gasteiger partial charge in [-0.05, 0) is 30.5 Å². The molecule has 2 rings (SSSR count). The van der Waals surface area contributed by atoms with Gasteiger partial charge < -0.3 is 4.90 Å². The van der Waals surface area contributed by atoms with Gasteiger partial charge in [0.05, 0.1) is 0 Å². The number of halogens is 3. The van der Waals surface area contributed by atoms with E-state index in [-0.39, 0.29) is 11.7 Å². The Morgan fingerprint density at radius 2 is 1.63 bits per heavy atom. The summed E-state index contributed by atoms with van der Waals surface area (Å²) in [4.78, 5) is 1.80. The van der Waals surface area contributed by atoms with Crippen LogP contribution in [-0.4, -0.2) is 13.1 Å². The maximum atomic E-state index is 14.1. The van der Waals surface area contributed by atoms with E-state index in [1.54, 1.807) is 4.90 Å². The zero-order chi connectivity index (χ0) is 13.8. The van der Waals surface area contributed by atoms with Crippen molar-refractivity contribution >= 4 is 21.6 Å². The zero-order valence-electron chi connectivity index (χ0n) is 11.3. The lowest BCUT2D eigenvalue weighted by Gasteiger charge is -2.30. The Morgan fingerprint density at radius 1 is 1.11 bits per heavy atom. The van der Waals surface area contributed by atoms with Gasteiger partial charge in [-0.2, -0.15) is 0 Å². The number of anilines is 1. The molecule has 0 spiro atoms. The number of hydrogen-bond acceptors (Lipinski definition) is 1. The molecule has 0 amide bonds. The summed E-state index contributed by atoms with van der Waals surface area (Å²) >= 11 is 3.23. The van der Waals surface area contributed by atoms with Crippen LogP contribution < -0.4 is 4.90 Å². The first-order valence-electron chi connectivity index (χ1n) is 6.90. The maximum absolute atomic E-state index is 14.1. The topological polar surface area (TPSA) is 3.24 Å². The van der Waals surface area contributed by atoms with Gasteiger partial charge in [0.15, 0.2) is 0 Å². The molecule has 106 valence electrons. The molecular formula is C15H20BrF2N. The van der Waals surface area contributed by atoms with E-state index in [9.17, 15) is 8.78 Å². The van der Waals surface area contributed by atoms with E-state index in [2.05, 4.69) is 15.9 Å². The van der Waals surface area contributed by atoms with Crippen molar-refractivity contribution in [3.63, 3.8) is 0 Å². The largest absolute Gasteiger partial charge is 0.367 e. The van der Waals surface area contributed by atoms with Crippen molar-refractivity contribution in [2.45, 2.75) is 49.9 Å². The summed E-state index contributed by atoms with van der Waals surface area (Å²) in [6.07, 6.45) is 6.82. The molecule has 0 saturated heterocycles. The second-order valence-corrected chi connectivity index (χ2v) is 5.86. The van der Waals surface area contributed by atoms with E-state index in [0.717, 1.165) is 25.7 Å². The normalized spacial score (nSPS) is 17.3. The van der Waals surface area contributed by atoms with Crippen LogP contribution in [0, 0.1) is 11.6 Å². The van der Waals surface area contributed by atoms with Gasteiger partial charge in [-0.25, -0.2) is 8.78 Å². The lowest BCUT2D eigenvalue weighted by molar-refractivity contribution is 0.517. The van der Waals surface area contributed by atoms with Crippen LogP contribution in [0.2, 0.25) is 0 Å². The standard InChI is InChI=1S/C15H20BrF2N/c1-19(12-6-4-2-3-5-7-12)15-13(17)8-11(10-16)9-14(15)18/h8-9,12H,2-7,10H2,1H3. The van der Waals surface area contributed by atoms with E-state index >= 15 is 0 Å². The summed E-state index contributed by atoms with van der Waals surface area (Å²) in [5, 5.41) is 0.467. The predicted octanol–water partition coefficient (Wildman–Crippen LogP) is 5.02. The summed E-state index contributed by atoms with van der Waals surface area (Å²) in [7, 11) is 1.81. The minimum Gasteiger partial charge on any atom is -0.367 e. The van der Waals surface area contributed by atoms with Gasteiger partial charge >= 0.3 is 0 Å². The first-order chi connectivity index (χ1) is 9.13. The highest BCUT2D eigenvalue weighted by Crippen LogP contribution is 2.30. The summed E-state index contributed by atoms with van der Waals surface area (Å²) in [6.45, 7) is 0. The van der Waals surface area contributed by atoms with E-state index < -0.39 is 11.6 Å². The minimum absolute atomic E-state index is 0.122. The lowest BCUT2D eigenvalue weighted by atomic mass is 10.1. The fourth-order valence-electron chi connectivity index (χ4n) is 2.86. The summed E-state index contributed by atoms with van der Waals surface area (Å²) < 4.78 is 28.2. The van der Waals surface area contributed by atoms with Gasteiger partial charge in [0.2, 0.25) is 0 Å². The Morgan fingerprint density at radius 3 is 2.11 bits per heavy atom. The zero-order valence-corrected chi connectivity index (χ0v) is 12.8. The van der Waals surface area contributed by atoms with Crippen LogP contribution in [0.1, 0.15) is 44.1 Å². The fraction of sp³-hybridized carbons (Fsp3) is 0.600. The quantitative estimate of drug-likeness (QED) is 0.555. The molecule has 1 fully saturated rings. The highest BCUT2D eigenvalue weighted by atomic mass is 79.9. The van der Waals surface area contributed by atoms with Gasteiger partial charge in [0.1, 0.15) is 17.3 Å². The first kappa shape index (κ1) is 14.8. The molecule has 0 aliphatic heterocycles. The summed E-state index contributed by atoms with van der Waals surface area (Å²) in [5.41, 5.74) is 0.754. The Labute approximate surface area is 122 Å². The molecule has 1 aromatic rings. The van der Waals surface area contributed by atoms with Gasteiger partial charge in [-0.1, -0.05) is 41.6 Å². The molecule has 19 heavy (non-hydrogen) atoms. The SMILES string of the molecule is CN(c1c(F)cc(CBr)cc1F)C1CCCCCC1. The first-order valence-corrected chi connectivity index (χ1v) is 8.02. The molecule has 1 aliphatic rings. The Kier molecular flexibility index (Phi) is 5.20. The van der Waals surface area contributed by atoms with Crippen LogP contribution in [-0.2, 0) is 5.33 Å². The fourth-order valence-corrected chi connectivity index (χ4v) is 3.18. The number of hydrogen-bond donors (Lipinski definition) is 0. The third-order valence-corrected chi connectivity index (χ3v) is 4.60. The third-order valence-electron chi connectivity index (χ3n) is 3.96. The van der Waals surface area contributed by atoms with E-state index in [1.807, 2.05) is 7.05 Å². The smallest absolute Gasteiger partial charge is 0.149 e. The molecule has 0 heterocycles. The monoisotopic (exact) mass is 331 g/mol. The second kappa shape index (κ2) is 6.69. The lowest BCUT2D eigenvalue weighted by Crippen LogP contribution is -2.32. The van der Waals surface area contributed by atoms with Crippen LogP contribution in [0.25, 0.3) is 0 Å². The van der Waals surface area contributed by atoms with Crippen LogP contribution in [0.3, 0.4) is 0 Å². The second-order valence-electron chi connectivity index (χ2n) is 5.30. The van der Waals surface area contributed by atoms with Crippen LogP contribution in [0.15, 0.2) is 12.1 Å². The molecule has 0 aromatic heterocycles. The van der Waals surface area contributed by atoms with Crippen molar-refractivity contribution in [1.29, 1.82) is 0 Å². The number of benzene rings is 1. The maximum Gasteiger partial charge on any atom is 0.149 e. The van der Waals surface area contributed by atoms with E-state index in [1.165, 1.54) is 25.0 Å². The van der Waals surface area contributed by atoms with Crippen molar-refractivity contribution in [2.75, 3.05) is 11.9 Å². The van der Waals surface area contributed by atoms with Crippen LogP contribution >= 0.6 is 15.9 Å². The van der Waals surface area contributed by atoms with Crippen LogP contribution in [0.5, 0.6) is 0 Å². The summed E-state index contributed by atoms with van der Waals surface area (Å²) in [6, 6.07) is 3.09. The van der Waals surface area contributed by atoms with Crippen molar-refractivity contribution < 1.29 is 8.78 Å². The average Bonchev–Trinajstić information content (AvgIpc) is 2.66. The summed E-state index contributed by atoms with van der Waals surface area (Å²) in [5.74, 6) is -0.914. The Hall–Kier alpha value is -0.640. The Bertz CT molecular complexity index is 405. The highest BCUT2D eigenvalue weighted by molar-refractivity contribution is 9.08. The highest BCUT2D eigenvalue weighted by Gasteiger charge is 2.22. The molecule has 1 aromatic carbocycles. The molecule has 4 heteroatoms. The molecule has 0 atom stereocenters. The number of rotatable bonds is 3. The van der Waals surface area contributed by atoms with Crippen LogP contribution in [0.4, 0.5) is 14.5 Å². The minimum atomic E-state index is -0.457. The van der Waals surface area contributed by atoms with Crippen molar-refractivity contribution in [2.24, 2.45) is 0 Å². The van der Waals surface area contributed by atoms with Gasteiger partial charge in [-0.3, -0.25) is 0 Å². The number of alkyl halides is 1.